The van der Waals surface area contributed by atoms with Crippen LogP contribution in [0.4, 0.5) is 5.69 Å². The minimum absolute atomic E-state index is 0.317. The van der Waals surface area contributed by atoms with Crippen LogP contribution in [-0.2, 0) is 9.53 Å². The molecule has 0 aliphatic carbocycles. The summed E-state index contributed by atoms with van der Waals surface area (Å²) in [7, 11) is 1.36. The number of anilines is 1. The maximum absolute atomic E-state index is 11.4. The van der Waals surface area contributed by atoms with Crippen molar-refractivity contribution in [3.05, 3.63) is 29.3 Å². The molecule has 0 atom stereocenters. The predicted octanol–water partition coefficient (Wildman–Crippen LogP) is 2.70. The summed E-state index contributed by atoms with van der Waals surface area (Å²) in [6.45, 7) is 3.50. The maximum atomic E-state index is 11.4. The van der Waals surface area contributed by atoms with E-state index in [2.05, 4.69) is 10.1 Å². The summed E-state index contributed by atoms with van der Waals surface area (Å²) in [5.74, 6) is -0.317. The second kappa shape index (κ2) is 4.53. The van der Waals surface area contributed by atoms with E-state index in [-0.39, 0.29) is 5.97 Å². The molecular weight excluding hydrogens is 214 g/mol. The van der Waals surface area contributed by atoms with Crippen LogP contribution in [0, 0.1) is 0 Å². The van der Waals surface area contributed by atoms with Gasteiger partial charge >= 0.3 is 5.97 Å². The quantitative estimate of drug-likeness (QED) is 0.807. The number of ether oxygens (including phenoxy) is 1. The molecule has 1 aromatic carbocycles. The van der Waals surface area contributed by atoms with Gasteiger partial charge in [0.15, 0.2) is 0 Å². The van der Waals surface area contributed by atoms with Gasteiger partial charge in [-0.15, -0.1) is 0 Å². The fourth-order valence-corrected chi connectivity index (χ4v) is 1.42. The van der Waals surface area contributed by atoms with Gasteiger partial charge in [0, 0.05) is 10.7 Å². The molecule has 15 heavy (non-hydrogen) atoms. The van der Waals surface area contributed by atoms with Crippen LogP contribution in [0.3, 0.4) is 0 Å². The van der Waals surface area contributed by atoms with E-state index in [0.717, 1.165) is 5.69 Å². The van der Waals surface area contributed by atoms with Crippen LogP contribution in [-0.4, -0.2) is 18.6 Å². The number of halogens is 1. The number of nitrogens with one attached hydrogen (secondary N) is 1. The van der Waals surface area contributed by atoms with Crippen molar-refractivity contribution < 1.29 is 9.53 Å². The number of benzene rings is 1. The van der Waals surface area contributed by atoms with Crippen LogP contribution in [0.2, 0.25) is 5.02 Å². The first-order valence-electron chi connectivity index (χ1n) is 4.58. The van der Waals surface area contributed by atoms with Crippen molar-refractivity contribution in [1.82, 2.24) is 0 Å². The molecule has 1 aromatic rings. The lowest BCUT2D eigenvalue weighted by Gasteiger charge is -2.24. The predicted molar refractivity (Wildman–Crippen MR) is 61.2 cm³/mol. The largest absolute Gasteiger partial charge is 0.467 e. The first-order chi connectivity index (χ1) is 6.95. The van der Waals surface area contributed by atoms with Gasteiger partial charge in [0.1, 0.15) is 5.54 Å². The zero-order valence-corrected chi connectivity index (χ0v) is 9.76. The highest BCUT2D eigenvalue weighted by atomic mass is 35.5. The Kier molecular flexibility index (Phi) is 3.58. The van der Waals surface area contributed by atoms with Crippen LogP contribution >= 0.6 is 11.6 Å². The highest BCUT2D eigenvalue weighted by Crippen LogP contribution is 2.19. The van der Waals surface area contributed by atoms with E-state index < -0.39 is 5.54 Å². The highest BCUT2D eigenvalue weighted by Gasteiger charge is 2.28. The minimum atomic E-state index is -0.764. The van der Waals surface area contributed by atoms with Gasteiger partial charge < -0.3 is 10.1 Å². The van der Waals surface area contributed by atoms with Crippen molar-refractivity contribution >= 4 is 23.3 Å². The monoisotopic (exact) mass is 227 g/mol. The summed E-state index contributed by atoms with van der Waals surface area (Å²) in [4.78, 5) is 11.4. The smallest absolute Gasteiger partial charge is 0.330 e. The Labute approximate surface area is 94.4 Å². The number of esters is 1. The van der Waals surface area contributed by atoms with Gasteiger partial charge in [0.2, 0.25) is 0 Å². The van der Waals surface area contributed by atoms with Crippen molar-refractivity contribution in [2.24, 2.45) is 0 Å². The second-order valence-electron chi connectivity index (χ2n) is 3.75. The Hall–Kier alpha value is -1.22. The Morgan fingerprint density at radius 3 is 2.67 bits per heavy atom. The van der Waals surface area contributed by atoms with Crippen LogP contribution in [0.15, 0.2) is 24.3 Å². The van der Waals surface area contributed by atoms with Crippen molar-refractivity contribution in [2.75, 3.05) is 12.4 Å². The number of carbonyl (C=O) groups is 1. The fourth-order valence-electron chi connectivity index (χ4n) is 1.23. The van der Waals surface area contributed by atoms with Crippen molar-refractivity contribution in [3.63, 3.8) is 0 Å². The molecule has 0 spiro atoms. The summed E-state index contributed by atoms with van der Waals surface area (Å²) in [6.07, 6.45) is 0. The van der Waals surface area contributed by atoms with Crippen molar-refractivity contribution in [1.29, 1.82) is 0 Å². The molecule has 0 heterocycles. The lowest BCUT2D eigenvalue weighted by molar-refractivity contribution is -0.144. The van der Waals surface area contributed by atoms with E-state index in [1.165, 1.54) is 7.11 Å². The van der Waals surface area contributed by atoms with Gasteiger partial charge in [-0.1, -0.05) is 17.7 Å². The summed E-state index contributed by atoms with van der Waals surface area (Å²) in [6, 6.07) is 7.19. The Bertz CT molecular complexity index is 363. The molecule has 0 unspecified atom stereocenters. The average Bonchev–Trinajstić information content (AvgIpc) is 2.15. The summed E-state index contributed by atoms with van der Waals surface area (Å²) >= 11 is 5.83. The van der Waals surface area contributed by atoms with Crippen molar-refractivity contribution in [3.8, 4) is 0 Å². The molecule has 0 amide bonds. The molecular formula is C11H14ClNO2. The zero-order chi connectivity index (χ0) is 11.5. The summed E-state index contributed by atoms with van der Waals surface area (Å²) in [5.41, 5.74) is 0.0253. The summed E-state index contributed by atoms with van der Waals surface area (Å²) < 4.78 is 4.68. The third-order valence-corrected chi connectivity index (χ3v) is 2.21. The molecule has 0 bridgehead atoms. The molecule has 82 valence electrons. The number of carbonyl (C=O) groups excluding carboxylic acids is 1. The molecule has 1 rings (SSSR count). The van der Waals surface area contributed by atoms with E-state index >= 15 is 0 Å². The van der Waals surface area contributed by atoms with Gasteiger partial charge in [-0.05, 0) is 32.0 Å². The molecule has 0 aromatic heterocycles. The zero-order valence-electron chi connectivity index (χ0n) is 9.00. The number of rotatable bonds is 3. The minimum Gasteiger partial charge on any atom is -0.467 e. The van der Waals surface area contributed by atoms with Crippen LogP contribution in [0.1, 0.15) is 13.8 Å². The molecule has 1 N–H and O–H groups in total. The second-order valence-corrected chi connectivity index (χ2v) is 4.19. The lowest BCUT2D eigenvalue weighted by atomic mass is 10.1. The van der Waals surface area contributed by atoms with Gasteiger partial charge in [-0.2, -0.15) is 0 Å². The van der Waals surface area contributed by atoms with Gasteiger partial charge in [0.25, 0.3) is 0 Å². The molecule has 0 aliphatic heterocycles. The third-order valence-electron chi connectivity index (χ3n) is 1.98. The first-order valence-corrected chi connectivity index (χ1v) is 4.95. The third kappa shape index (κ3) is 3.13. The Balaban J connectivity index is 2.81. The number of hydrogen-bond donors (Lipinski definition) is 1. The summed E-state index contributed by atoms with van der Waals surface area (Å²) in [5, 5.41) is 3.68. The van der Waals surface area contributed by atoms with E-state index in [0.29, 0.717) is 5.02 Å². The van der Waals surface area contributed by atoms with Gasteiger partial charge in [0.05, 0.1) is 7.11 Å². The molecule has 0 saturated carbocycles. The molecule has 0 saturated heterocycles. The molecule has 4 heteroatoms. The normalized spacial score (nSPS) is 10.9. The number of methoxy groups -OCH3 is 1. The first kappa shape index (κ1) is 11.9. The van der Waals surface area contributed by atoms with E-state index in [1.54, 1.807) is 26.0 Å². The molecule has 3 nitrogen and oxygen atoms in total. The van der Waals surface area contributed by atoms with Crippen LogP contribution in [0.5, 0.6) is 0 Å². The topological polar surface area (TPSA) is 38.3 Å². The van der Waals surface area contributed by atoms with Crippen molar-refractivity contribution in [2.45, 2.75) is 19.4 Å². The number of hydrogen-bond acceptors (Lipinski definition) is 3. The Morgan fingerprint density at radius 2 is 2.13 bits per heavy atom. The Morgan fingerprint density at radius 1 is 1.47 bits per heavy atom. The van der Waals surface area contributed by atoms with Crippen LogP contribution in [0.25, 0.3) is 0 Å². The van der Waals surface area contributed by atoms with Gasteiger partial charge in [-0.25, -0.2) is 4.79 Å². The van der Waals surface area contributed by atoms with Crippen LogP contribution < -0.4 is 5.32 Å². The van der Waals surface area contributed by atoms with Gasteiger partial charge in [-0.3, -0.25) is 0 Å². The van der Waals surface area contributed by atoms with E-state index in [1.807, 2.05) is 12.1 Å². The standard InChI is InChI=1S/C11H14ClNO2/c1-11(2,10(14)15-3)13-9-6-4-5-8(12)7-9/h4-7,13H,1-3H3. The fraction of sp³-hybridized carbons (Fsp3) is 0.364. The molecule has 0 fully saturated rings. The van der Waals surface area contributed by atoms with E-state index in [9.17, 15) is 4.79 Å². The molecule has 0 aliphatic rings. The SMILES string of the molecule is COC(=O)C(C)(C)Nc1cccc(Cl)c1. The maximum Gasteiger partial charge on any atom is 0.330 e. The highest BCUT2D eigenvalue weighted by molar-refractivity contribution is 6.30. The lowest BCUT2D eigenvalue weighted by Crippen LogP contribution is -2.41. The average molecular weight is 228 g/mol. The van der Waals surface area contributed by atoms with E-state index in [4.69, 9.17) is 11.6 Å². The molecule has 0 radical (unpaired) electrons.